The van der Waals surface area contributed by atoms with Gasteiger partial charge in [0.1, 0.15) is 11.8 Å². The van der Waals surface area contributed by atoms with Gasteiger partial charge in [-0.3, -0.25) is 14.4 Å². The van der Waals surface area contributed by atoms with Crippen LogP contribution < -0.4 is 9.64 Å². The summed E-state index contributed by atoms with van der Waals surface area (Å²) in [5.41, 5.74) is 0.892. The third-order valence-corrected chi connectivity index (χ3v) is 6.46. The fraction of sp³-hybridized carbons (Fsp3) is 0.174. The first-order valence-corrected chi connectivity index (χ1v) is 11.2. The van der Waals surface area contributed by atoms with Crippen LogP contribution in [-0.4, -0.2) is 35.8 Å². The highest BCUT2D eigenvalue weighted by molar-refractivity contribution is 9.10. The lowest BCUT2D eigenvalue weighted by Crippen LogP contribution is -2.45. The van der Waals surface area contributed by atoms with Gasteiger partial charge in [-0.15, -0.1) is 11.3 Å². The summed E-state index contributed by atoms with van der Waals surface area (Å²) in [6, 6.07) is 16.7. The molecule has 4 rings (SSSR count). The van der Waals surface area contributed by atoms with E-state index in [9.17, 15) is 14.4 Å². The molecule has 3 aromatic rings. The Hall–Kier alpha value is -2.97. The van der Waals surface area contributed by atoms with E-state index >= 15 is 0 Å². The summed E-state index contributed by atoms with van der Waals surface area (Å²) in [6.45, 7) is 0.242. The van der Waals surface area contributed by atoms with Gasteiger partial charge in [-0.25, -0.2) is 4.90 Å². The summed E-state index contributed by atoms with van der Waals surface area (Å²) in [5, 5.41) is 1.92. The predicted molar refractivity (Wildman–Crippen MR) is 122 cm³/mol. The van der Waals surface area contributed by atoms with Gasteiger partial charge in [0.2, 0.25) is 5.91 Å². The summed E-state index contributed by atoms with van der Waals surface area (Å²) >= 11 is 4.86. The van der Waals surface area contributed by atoms with Crippen molar-refractivity contribution in [3.8, 4) is 5.75 Å². The van der Waals surface area contributed by atoms with Gasteiger partial charge in [0, 0.05) is 14.9 Å². The number of hydrogen-bond donors (Lipinski definition) is 0. The molecule has 158 valence electrons. The minimum absolute atomic E-state index is 0.0595. The zero-order chi connectivity index (χ0) is 22.0. The van der Waals surface area contributed by atoms with Crippen LogP contribution in [-0.2, 0) is 16.1 Å². The van der Waals surface area contributed by atoms with Crippen LogP contribution in [0.5, 0.6) is 5.75 Å². The van der Waals surface area contributed by atoms with Crippen LogP contribution in [0.25, 0.3) is 0 Å². The number of halogens is 1. The SMILES string of the molecule is COc1cccc(C(=O)N(Cc2cccs2)C2CC(=O)N(c3ccc(Br)cc3)C2=O)c1. The lowest BCUT2D eigenvalue weighted by molar-refractivity contribution is -0.122. The van der Waals surface area contributed by atoms with Gasteiger partial charge in [-0.2, -0.15) is 0 Å². The predicted octanol–water partition coefficient (Wildman–Crippen LogP) is 4.49. The van der Waals surface area contributed by atoms with E-state index in [4.69, 9.17) is 4.74 Å². The monoisotopic (exact) mass is 498 g/mol. The van der Waals surface area contributed by atoms with Gasteiger partial charge in [0.05, 0.1) is 25.8 Å². The minimum Gasteiger partial charge on any atom is -0.497 e. The Bertz CT molecular complexity index is 1110. The Labute approximate surface area is 192 Å². The quantitative estimate of drug-likeness (QED) is 0.469. The molecular formula is C23H19BrN2O4S. The molecule has 2 heterocycles. The van der Waals surface area contributed by atoms with E-state index in [1.54, 1.807) is 48.5 Å². The minimum atomic E-state index is -0.878. The Morgan fingerprint density at radius 2 is 1.94 bits per heavy atom. The van der Waals surface area contributed by atoms with E-state index in [0.29, 0.717) is 17.0 Å². The van der Waals surface area contributed by atoms with Crippen LogP contribution in [0.15, 0.2) is 70.5 Å². The van der Waals surface area contributed by atoms with Crippen LogP contribution >= 0.6 is 27.3 Å². The van der Waals surface area contributed by atoms with Crippen LogP contribution in [0.3, 0.4) is 0 Å². The molecule has 1 aliphatic rings. The number of carbonyl (C=O) groups is 3. The van der Waals surface area contributed by atoms with Crippen molar-refractivity contribution in [1.82, 2.24) is 4.90 Å². The molecule has 1 saturated heterocycles. The van der Waals surface area contributed by atoms with Crippen molar-refractivity contribution in [2.24, 2.45) is 0 Å². The number of hydrogen-bond acceptors (Lipinski definition) is 5. The second kappa shape index (κ2) is 9.03. The first kappa shape index (κ1) is 21.3. The highest BCUT2D eigenvalue weighted by atomic mass is 79.9. The Morgan fingerprint density at radius 3 is 2.61 bits per heavy atom. The van der Waals surface area contributed by atoms with Gasteiger partial charge < -0.3 is 9.64 Å². The number of anilines is 1. The fourth-order valence-corrected chi connectivity index (χ4v) is 4.50. The summed E-state index contributed by atoms with van der Waals surface area (Å²) in [7, 11) is 1.53. The zero-order valence-corrected chi connectivity index (χ0v) is 19.1. The van der Waals surface area contributed by atoms with Crippen LogP contribution in [0, 0.1) is 0 Å². The molecule has 1 fully saturated rings. The molecule has 3 amide bonds. The highest BCUT2D eigenvalue weighted by Gasteiger charge is 2.44. The van der Waals surface area contributed by atoms with E-state index in [-0.39, 0.29) is 24.8 Å². The fourth-order valence-electron chi connectivity index (χ4n) is 3.54. The lowest BCUT2D eigenvalue weighted by Gasteiger charge is -2.27. The molecule has 8 heteroatoms. The number of nitrogens with zero attached hydrogens (tertiary/aromatic N) is 2. The first-order valence-electron chi connectivity index (χ1n) is 9.57. The molecule has 0 radical (unpaired) electrons. The number of thiophene rings is 1. The topological polar surface area (TPSA) is 66.9 Å². The van der Waals surface area contributed by atoms with Crippen LogP contribution in [0.2, 0.25) is 0 Å². The van der Waals surface area contributed by atoms with E-state index < -0.39 is 11.9 Å². The standard InChI is InChI=1S/C23H19BrN2O4S/c1-30-18-5-2-4-15(12-18)22(28)25(14-19-6-3-11-31-19)20-13-21(27)26(23(20)29)17-9-7-16(24)8-10-17/h2-12,20H,13-14H2,1H3. The number of rotatable bonds is 6. The van der Waals surface area contributed by atoms with Crippen LogP contribution in [0.1, 0.15) is 21.7 Å². The molecule has 1 unspecified atom stereocenters. The second-order valence-corrected chi connectivity index (χ2v) is 8.96. The van der Waals surface area contributed by atoms with E-state index in [2.05, 4.69) is 15.9 Å². The van der Waals surface area contributed by atoms with E-state index in [1.807, 2.05) is 17.5 Å². The molecular weight excluding hydrogens is 480 g/mol. The number of imide groups is 1. The maximum absolute atomic E-state index is 13.5. The van der Waals surface area contributed by atoms with Crippen molar-refractivity contribution in [2.45, 2.75) is 19.0 Å². The molecule has 0 spiro atoms. The number of methoxy groups -OCH3 is 1. The largest absolute Gasteiger partial charge is 0.497 e. The van der Waals surface area contributed by atoms with Gasteiger partial charge in [0.25, 0.3) is 11.8 Å². The Balaban J connectivity index is 1.68. The summed E-state index contributed by atoms with van der Waals surface area (Å²) in [4.78, 5) is 43.1. The second-order valence-electron chi connectivity index (χ2n) is 7.01. The number of carbonyl (C=O) groups excluding carboxylic acids is 3. The Morgan fingerprint density at radius 1 is 1.16 bits per heavy atom. The summed E-state index contributed by atoms with van der Waals surface area (Å²) in [5.74, 6) is -0.504. The molecule has 0 aliphatic carbocycles. The van der Waals surface area contributed by atoms with Gasteiger partial charge >= 0.3 is 0 Å². The van der Waals surface area contributed by atoms with E-state index in [1.165, 1.54) is 23.3 Å². The molecule has 2 aromatic carbocycles. The van der Waals surface area contributed by atoms with Crippen molar-refractivity contribution in [3.05, 3.63) is 81.0 Å². The lowest BCUT2D eigenvalue weighted by atomic mass is 10.1. The Kier molecular flexibility index (Phi) is 6.20. The first-order chi connectivity index (χ1) is 15.0. The van der Waals surface area contributed by atoms with Gasteiger partial charge in [-0.1, -0.05) is 28.1 Å². The summed E-state index contributed by atoms with van der Waals surface area (Å²) < 4.78 is 6.08. The third kappa shape index (κ3) is 4.40. The van der Waals surface area contributed by atoms with E-state index in [0.717, 1.165) is 14.2 Å². The molecule has 0 N–H and O–H groups in total. The van der Waals surface area contributed by atoms with Crippen molar-refractivity contribution >= 4 is 50.7 Å². The summed E-state index contributed by atoms with van der Waals surface area (Å²) in [6.07, 6.45) is -0.0595. The number of ether oxygens (including phenoxy) is 1. The smallest absolute Gasteiger partial charge is 0.257 e. The number of benzene rings is 2. The third-order valence-electron chi connectivity index (χ3n) is 5.07. The van der Waals surface area contributed by atoms with Crippen molar-refractivity contribution in [3.63, 3.8) is 0 Å². The normalized spacial score (nSPS) is 15.9. The molecule has 0 saturated carbocycles. The van der Waals surface area contributed by atoms with Gasteiger partial charge in [-0.05, 0) is 53.9 Å². The van der Waals surface area contributed by atoms with Crippen molar-refractivity contribution in [2.75, 3.05) is 12.0 Å². The maximum atomic E-state index is 13.5. The highest BCUT2D eigenvalue weighted by Crippen LogP contribution is 2.29. The van der Waals surface area contributed by atoms with Gasteiger partial charge in [0.15, 0.2) is 0 Å². The molecule has 1 atom stereocenters. The average Bonchev–Trinajstić information content (AvgIpc) is 3.40. The molecule has 1 aliphatic heterocycles. The van der Waals surface area contributed by atoms with Crippen molar-refractivity contribution < 1.29 is 19.1 Å². The van der Waals surface area contributed by atoms with Crippen molar-refractivity contribution in [1.29, 1.82) is 0 Å². The zero-order valence-electron chi connectivity index (χ0n) is 16.7. The molecule has 6 nitrogen and oxygen atoms in total. The van der Waals surface area contributed by atoms with Crippen LogP contribution in [0.4, 0.5) is 5.69 Å². The molecule has 1 aromatic heterocycles. The molecule has 0 bridgehead atoms. The maximum Gasteiger partial charge on any atom is 0.257 e. The average molecular weight is 499 g/mol. The molecule has 31 heavy (non-hydrogen) atoms. The number of amides is 3.